The number of aryl methyl sites for hydroxylation is 2. The number of carboxylic acids is 1. The van der Waals surface area contributed by atoms with Crippen molar-refractivity contribution < 1.29 is 9.90 Å². The zero-order valence-electron chi connectivity index (χ0n) is 9.02. The van der Waals surface area contributed by atoms with Gasteiger partial charge in [-0.25, -0.2) is 0 Å². The first kappa shape index (κ1) is 11.1. The number of aromatic carboxylic acids is 1. The van der Waals surface area contributed by atoms with Crippen LogP contribution in [0.4, 0.5) is 0 Å². The second-order valence-electron chi connectivity index (χ2n) is 3.61. The Morgan fingerprint density at radius 3 is 2.69 bits per heavy atom. The van der Waals surface area contributed by atoms with Crippen molar-refractivity contribution in [1.82, 2.24) is 4.98 Å². The molecule has 0 radical (unpaired) electrons. The maximum atomic E-state index is 10.9. The Morgan fingerprint density at radius 2 is 2.12 bits per heavy atom. The summed E-state index contributed by atoms with van der Waals surface area (Å²) in [5, 5.41) is 8.99. The van der Waals surface area contributed by atoms with Gasteiger partial charge in [0.05, 0.1) is 0 Å². The summed E-state index contributed by atoms with van der Waals surface area (Å²) in [5.41, 5.74) is 2.84. The summed E-state index contributed by atoms with van der Waals surface area (Å²) in [6.07, 6.45) is 0. The molecule has 2 aromatic rings. The van der Waals surface area contributed by atoms with Crippen molar-refractivity contribution in [2.24, 2.45) is 0 Å². The molecule has 2 rings (SSSR count). The number of rotatable bonds is 2. The predicted octanol–water partition coefficient (Wildman–Crippen LogP) is 2.12. The summed E-state index contributed by atoms with van der Waals surface area (Å²) in [6, 6.07) is 8.01. The first-order valence-electron chi connectivity index (χ1n) is 4.85. The van der Waals surface area contributed by atoms with Gasteiger partial charge in [-0.05, 0) is 0 Å². The van der Waals surface area contributed by atoms with E-state index in [9.17, 15) is 4.79 Å². The van der Waals surface area contributed by atoms with E-state index in [2.05, 4.69) is 4.98 Å². The van der Waals surface area contributed by atoms with Crippen LogP contribution in [-0.4, -0.2) is 30.6 Å². The molecule has 0 fully saturated rings. The molecule has 82 valence electrons. The van der Waals surface area contributed by atoms with Gasteiger partial charge in [0, 0.05) is 0 Å². The van der Waals surface area contributed by atoms with Gasteiger partial charge >= 0.3 is 99.3 Å². The monoisotopic (exact) mass is 281 g/mol. The fourth-order valence-electron chi connectivity index (χ4n) is 1.50. The second kappa shape index (κ2) is 4.24. The molecule has 0 amide bonds. The van der Waals surface area contributed by atoms with E-state index in [-0.39, 0.29) is 14.5 Å². The van der Waals surface area contributed by atoms with Crippen LogP contribution in [0, 0.1) is 13.8 Å². The van der Waals surface area contributed by atoms with Gasteiger partial charge in [-0.3, -0.25) is 0 Å². The molecule has 16 heavy (non-hydrogen) atoms. The number of aromatic nitrogens is 1. The van der Waals surface area contributed by atoms with Crippen LogP contribution in [0.15, 0.2) is 24.3 Å². The van der Waals surface area contributed by atoms with Crippen molar-refractivity contribution in [3.05, 3.63) is 40.0 Å². The van der Waals surface area contributed by atoms with Crippen LogP contribution in [0.25, 0.3) is 10.1 Å². The van der Waals surface area contributed by atoms with Gasteiger partial charge in [0.2, 0.25) is 0 Å². The molecule has 0 saturated heterocycles. The summed E-state index contributed by atoms with van der Waals surface area (Å²) in [4.78, 5) is 15.3. The number of nitrogens with zero attached hydrogens (tertiary/aromatic N) is 1. The first-order chi connectivity index (χ1) is 7.58. The van der Waals surface area contributed by atoms with Crippen LogP contribution >= 0.6 is 0 Å². The fraction of sp³-hybridized carbons (Fsp3) is 0.167. The minimum absolute atomic E-state index is 0.177. The quantitative estimate of drug-likeness (QED) is 0.857. The normalized spacial score (nSPS) is 10.4. The summed E-state index contributed by atoms with van der Waals surface area (Å²) >= 11 is -0.177. The Hall–Kier alpha value is -1.38. The Morgan fingerprint density at radius 1 is 1.38 bits per heavy atom. The third-order valence-corrected chi connectivity index (χ3v) is 4.76. The summed E-state index contributed by atoms with van der Waals surface area (Å²) < 4.78 is 1.37. The molecule has 1 N–H and O–H groups in total. The molecule has 0 aliphatic rings. The second-order valence-corrected chi connectivity index (χ2v) is 5.70. The van der Waals surface area contributed by atoms with Gasteiger partial charge in [0.15, 0.2) is 0 Å². The molecular formula is C12H11NO2Se. The van der Waals surface area contributed by atoms with Gasteiger partial charge < -0.3 is 0 Å². The summed E-state index contributed by atoms with van der Waals surface area (Å²) in [6.45, 7) is 3.78. The molecule has 0 bridgehead atoms. The van der Waals surface area contributed by atoms with E-state index >= 15 is 0 Å². The Labute approximate surface area is 99.5 Å². The number of hydrogen-bond donors (Lipinski definition) is 1. The van der Waals surface area contributed by atoms with Crippen molar-refractivity contribution in [3.63, 3.8) is 0 Å². The van der Waals surface area contributed by atoms with E-state index in [4.69, 9.17) is 5.11 Å². The Kier molecular flexibility index (Phi) is 2.94. The van der Waals surface area contributed by atoms with Crippen LogP contribution < -0.4 is 0 Å². The zero-order valence-corrected chi connectivity index (χ0v) is 10.7. The van der Waals surface area contributed by atoms with E-state index in [0.29, 0.717) is 10.1 Å². The molecule has 0 aliphatic heterocycles. The van der Waals surface area contributed by atoms with Gasteiger partial charge in [0.25, 0.3) is 0 Å². The molecule has 4 heteroatoms. The first-order valence-corrected chi connectivity index (χ1v) is 6.57. The van der Waals surface area contributed by atoms with E-state index in [0.717, 1.165) is 15.7 Å². The standard InChI is InChI=1S/C12H11NO2Se/c1-7-4-3-5-9(6-7)11-13-8(2)10(16-11)12(14)15/h3-6H,1-2H3,(H,14,15). The zero-order chi connectivity index (χ0) is 11.7. The predicted molar refractivity (Wildman–Crippen MR) is 63.0 cm³/mol. The van der Waals surface area contributed by atoms with Crippen LogP contribution in [0.5, 0.6) is 0 Å². The fourth-order valence-corrected chi connectivity index (χ4v) is 3.39. The Balaban J connectivity index is 2.49. The van der Waals surface area contributed by atoms with Crippen LogP contribution in [0.3, 0.4) is 0 Å². The number of carbonyl (C=O) groups is 1. The van der Waals surface area contributed by atoms with Crippen molar-refractivity contribution in [2.75, 3.05) is 0 Å². The van der Waals surface area contributed by atoms with Crippen molar-refractivity contribution in [3.8, 4) is 10.1 Å². The molecule has 1 aromatic carbocycles. The number of hydrogen-bond acceptors (Lipinski definition) is 2. The van der Waals surface area contributed by atoms with Gasteiger partial charge in [0.1, 0.15) is 0 Å². The number of benzene rings is 1. The SMILES string of the molecule is Cc1cccc(-c2nc(C)c(C(=O)O)[se]2)c1. The molecule has 0 spiro atoms. The number of carboxylic acid groups (broad SMARTS) is 1. The molecule has 0 unspecified atom stereocenters. The van der Waals surface area contributed by atoms with Crippen LogP contribution in [0.2, 0.25) is 0 Å². The van der Waals surface area contributed by atoms with E-state index in [1.807, 2.05) is 31.2 Å². The molecular weight excluding hydrogens is 269 g/mol. The topological polar surface area (TPSA) is 50.2 Å². The molecule has 0 saturated carbocycles. The van der Waals surface area contributed by atoms with Crippen LogP contribution in [0.1, 0.15) is 20.5 Å². The van der Waals surface area contributed by atoms with Gasteiger partial charge in [-0.1, -0.05) is 0 Å². The maximum absolute atomic E-state index is 10.9. The van der Waals surface area contributed by atoms with E-state index in [1.54, 1.807) is 6.92 Å². The Bertz CT molecular complexity index is 546. The third-order valence-electron chi connectivity index (χ3n) is 2.26. The van der Waals surface area contributed by atoms with Gasteiger partial charge in [-0.2, -0.15) is 0 Å². The molecule has 1 aromatic heterocycles. The minimum atomic E-state index is -0.844. The molecule has 0 aliphatic carbocycles. The van der Waals surface area contributed by atoms with Crippen molar-refractivity contribution >= 4 is 20.5 Å². The van der Waals surface area contributed by atoms with E-state index in [1.165, 1.54) is 0 Å². The average molecular weight is 280 g/mol. The third kappa shape index (κ3) is 2.08. The van der Waals surface area contributed by atoms with Gasteiger partial charge in [-0.15, -0.1) is 0 Å². The average Bonchev–Trinajstić information content (AvgIpc) is 2.60. The van der Waals surface area contributed by atoms with Crippen molar-refractivity contribution in [2.45, 2.75) is 13.8 Å². The molecule has 1 heterocycles. The summed E-state index contributed by atoms with van der Waals surface area (Å²) in [5.74, 6) is -0.844. The van der Waals surface area contributed by atoms with E-state index < -0.39 is 5.97 Å². The summed E-state index contributed by atoms with van der Waals surface area (Å²) in [7, 11) is 0. The van der Waals surface area contributed by atoms with Crippen LogP contribution in [-0.2, 0) is 0 Å². The molecule has 0 atom stereocenters. The molecule has 3 nitrogen and oxygen atoms in total. The van der Waals surface area contributed by atoms with Crippen molar-refractivity contribution in [1.29, 1.82) is 0 Å².